The summed E-state index contributed by atoms with van der Waals surface area (Å²) < 4.78 is 26.0. The molecule has 1 amide bonds. The number of nitrogens with zero attached hydrogens (tertiary/aromatic N) is 2. The number of amides is 1. The van der Waals surface area contributed by atoms with E-state index >= 15 is 0 Å². The summed E-state index contributed by atoms with van der Waals surface area (Å²) in [4.78, 5) is 13.9. The van der Waals surface area contributed by atoms with Crippen molar-refractivity contribution in [2.75, 3.05) is 32.9 Å². The van der Waals surface area contributed by atoms with Gasteiger partial charge in [-0.05, 0) is 48.6 Å². The first-order chi connectivity index (χ1) is 11.8. The summed E-state index contributed by atoms with van der Waals surface area (Å²) in [6.07, 6.45) is 3.17. The lowest BCUT2D eigenvalue weighted by molar-refractivity contribution is -0.129. The van der Waals surface area contributed by atoms with Gasteiger partial charge < -0.3 is 4.90 Å². The van der Waals surface area contributed by atoms with Gasteiger partial charge in [0.25, 0.3) is 0 Å². The van der Waals surface area contributed by atoms with Crippen molar-refractivity contribution in [3.8, 4) is 0 Å². The Hall–Kier alpha value is -1.40. The molecule has 1 saturated heterocycles. The van der Waals surface area contributed by atoms with Crippen LogP contribution >= 0.6 is 0 Å². The molecular formula is C19H28N2O3S. The largest absolute Gasteiger partial charge is 0.349 e. The van der Waals surface area contributed by atoms with Crippen molar-refractivity contribution < 1.29 is 13.2 Å². The van der Waals surface area contributed by atoms with Gasteiger partial charge in [0.1, 0.15) is 0 Å². The van der Waals surface area contributed by atoms with Crippen molar-refractivity contribution in [2.24, 2.45) is 0 Å². The highest BCUT2D eigenvalue weighted by atomic mass is 32.2. The molecule has 1 aromatic rings. The van der Waals surface area contributed by atoms with Crippen LogP contribution in [0.25, 0.3) is 0 Å². The average Bonchev–Trinajstić information content (AvgIpc) is 2.89. The molecule has 1 spiro atoms. The van der Waals surface area contributed by atoms with Crippen LogP contribution in [0.15, 0.2) is 24.3 Å². The summed E-state index contributed by atoms with van der Waals surface area (Å²) in [5.41, 5.74) is 2.64. The Kier molecular flexibility index (Phi) is 4.95. The third-order valence-corrected chi connectivity index (χ3v) is 7.85. The highest BCUT2D eigenvalue weighted by molar-refractivity contribution is 7.89. The van der Waals surface area contributed by atoms with E-state index in [-0.39, 0.29) is 23.0 Å². The number of benzene rings is 1. The Balaban J connectivity index is 1.83. The van der Waals surface area contributed by atoms with Crippen molar-refractivity contribution in [3.63, 3.8) is 0 Å². The molecule has 5 nitrogen and oxygen atoms in total. The second-order valence-corrected chi connectivity index (χ2v) is 9.82. The molecule has 1 aromatic carbocycles. The van der Waals surface area contributed by atoms with Gasteiger partial charge in [-0.3, -0.25) is 4.79 Å². The Labute approximate surface area is 151 Å². The second kappa shape index (κ2) is 6.72. The third-order valence-electron chi connectivity index (χ3n) is 5.97. The number of piperidine rings is 1. The molecule has 25 heavy (non-hydrogen) atoms. The van der Waals surface area contributed by atoms with Crippen LogP contribution in [0.1, 0.15) is 49.7 Å². The van der Waals surface area contributed by atoms with E-state index in [0.717, 1.165) is 19.3 Å². The number of hydrogen-bond donors (Lipinski definition) is 0. The highest BCUT2D eigenvalue weighted by Crippen LogP contribution is 2.52. The van der Waals surface area contributed by atoms with Crippen LogP contribution in [0.4, 0.5) is 0 Å². The van der Waals surface area contributed by atoms with Crippen LogP contribution in [-0.2, 0) is 20.2 Å². The Morgan fingerprint density at radius 3 is 2.48 bits per heavy atom. The van der Waals surface area contributed by atoms with Gasteiger partial charge in [-0.2, -0.15) is 0 Å². The fraction of sp³-hybridized carbons (Fsp3) is 0.632. The maximum Gasteiger partial charge on any atom is 0.222 e. The van der Waals surface area contributed by atoms with E-state index in [0.29, 0.717) is 19.5 Å². The summed E-state index contributed by atoms with van der Waals surface area (Å²) in [7, 11) is 0.481. The molecule has 2 aliphatic rings. The van der Waals surface area contributed by atoms with Gasteiger partial charge >= 0.3 is 0 Å². The minimum Gasteiger partial charge on any atom is -0.349 e. The molecule has 1 heterocycles. The van der Waals surface area contributed by atoms with Crippen LogP contribution < -0.4 is 0 Å². The number of rotatable bonds is 4. The first-order valence-electron chi connectivity index (χ1n) is 9.06. The van der Waals surface area contributed by atoms with Crippen LogP contribution in [-0.4, -0.2) is 56.5 Å². The van der Waals surface area contributed by atoms with Crippen LogP contribution in [0.5, 0.6) is 0 Å². The van der Waals surface area contributed by atoms with Gasteiger partial charge in [0.15, 0.2) is 0 Å². The molecule has 0 saturated carbocycles. The predicted molar refractivity (Wildman–Crippen MR) is 99.1 cm³/mol. The van der Waals surface area contributed by atoms with Gasteiger partial charge in [0.05, 0.1) is 5.75 Å². The molecule has 1 aliphatic carbocycles. The Bertz CT molecular complexity index is 750. The monoisotopic (exact) mass is 364 g/mol. The zero-order valence-corrected chi connectivity index (χ0v) is 16.2. The summed E-state index contributed by atoms with van der Waals surface area (Å²) in [6, 6.07) is 8.43. The highest BCUT2D eigenvalue weighted by Gasteiger charge is 2.46. The fourth-order valence-corrected chi connectivity index (χ4v) is 5.56. The number of hydrogen-bond acceptors (Lipinski definition) is 3. The number of fused-ring (bicyclic) bond motifs is 2. The van der Waals surface area contributed by atoms with E-state index in [4.69, 9.17) is 0 Å². The molecule has 0 N–H and O–H groups in total. The zero-order chi connectivity index (χ0) is 18.2. The van der Waals surface area contributed by atoms with E-state index in [1.165, 1.54) is 11.1 Å². The standard InChI is InChI=1S/C19H28N2O3S/c1-4-25(23,24)21-11-9-19(10-12-21)14-15(13-18(22)20(2)3)16-7-5-6-8-17(16)19/h5-8,15H,4,9-14H2,1-3H3/t15-/m1/s1. The van der Waals surface area contributed by atoms with Gasteiger partial charge in [0.2, 0.25) is 15.9 Å². The van der Waals surface area contributed by atoms with E-state index in [1.54, 1.807) is 30.2 Å². The molecule has 0 bridgehead atoms. The fourth-order valence-electron chi connectivity index (χ4n) is 4.45. The number of carbonyl (C=O) groups is 1. The summed E-state index contributed by atoms with van der Waals surface area (Å²) in [5.74, 6) is 0.555. The van der Waals surface area contributed by atoms with Crippen molar-refractivity contribution in [1.82, 2.24) is 9.21 Å². The number of sulfonamides is 1. The maximum atomic E-state index is 12.2. The molecule has 0 radical (unpaired) electrons. The Morgan fingerprint density at radius 1 is 1.24 bits per heavy atom. The van der Waals surface area contributed by atoms with E-state index in [2.05, 4.69) is 18.2 Å². The topological polar surface area (TPSA) is 57.7 Å². The molecule has 3 rings (SSSR count). The summed E-state index contributed by atoms with van der Waals surface area (Å²) >= 11 is 0. The second-order valence-electron chi connectivity index (χ2n) is 7.56. The smallest absolute Gasteiger partial charge is 0.222 e. The van der Waals surface area contributed by atoms with Crippen LogP contribution in [0.3, 0.4) is 0 Å². The molecule has 0 unspecified atom stereocenters. The zero-order valence-electron chi connectivity index (χ0n) is 15.4. The molecule has 138 valence electrons. The first kappa shape index (κ1) is 18.4. The van der Waals surface area contributed by atoms with Crippen molar-refractivity contribution in [3.05, 3.63) is 35.4 Å². The predicted octanol–water partition coefficient (Wildman–Crippen LogP) is 2.34. The lowest BCUT2D eigenvalue weighted by Crippen LogP contribution is -2.44. The molecule has 0 aromatic heterocycles. The van der Waals surface area contributed by atoms with Crippen molar-refractivity contribution >= 4 is 15.9 Å². The first-order valence-corrected chi connectivity index (χ1v) is 10.7. The van der Waals surface area contributed by atoms with Crippen molar-refractivity contribution in [2.45, 2.75) is 43.9 Å². The minimum absolute atomic E-state index is 0.0214. The van der Waals surface area contributed by atoms with Crippen LogP contribution in [0, 0.1) is 0 Å². The SMILES string of the molecule is CCS(=O)(=O)N1CCC2(CC1)C[C@@H](CC(=O)N(C)C)c1ccccc12. The van der Waals surface area contributed by atoms with E-state index < -0.39 is 10.0 Å². The van der Waals surface area contributed by atoms with Crippen molar-refractivity contribution in [1.29, 1.82) is 0 Å². The molecule has 1 aliphatic heterocycles. The summed E-state index contributed by atoms with van der Waals surface area (Å²) in [5, 5.41) is 0. The molecule has 1 fully saturated rings. The molecular weight excluding hydrogens is 336 g/mol. The molecule has 6 heteroatoms. The maximum absolute atomic E-state index is 12.2. The molecule has 1 atom stereocenters. The quantitative estimate of drug-likeness (QED) is 0.824. The summed E-state index contributed by atoms with van der Waals surface area (Å²) in [6.45, 7) is 2.87. The van der Waals surface area contributed by atoms with Gasteiger partial charge in [-0.25, -0.2) is 12.7 Å². The van der Waals surface area contributed by atoms with Gasteiger partial charge in [-0.15, -0.1) is 0 Å². The Morgan fingerprint density at radius 2 is 1.88 bits per heavy atom. The average molecular weight is 365 g/mol. The van der Waals surface area contributed by atoms with E-state index in [9.17, 15) is 13.2 Å². The number of carbonyl (C=O) groups excluding carboxylic acids is 1. The lowest BCUT2D eigenvalue weighted by atomic mass is 9.73. The van der Waals surface area contributed by atoms with Crippen LogP contribution in [0.2, 0.25) is 0 Å². The van der Waals surface area contributed by atoms with Gasteiger partial charge in [0, 0.05) is 33.6 Å². The minimum atomic E-state index is -3.12. The van der Waals surface area contributed by atoms with Gasteiger partial charge in [-0.1, -0.05) is 24.3 Å². The normalized spacial score (nSPS) is 22.8. The third kappa shape index (κ3) is 3.34. The lowest BCUT2D eigenvalue weighted by Gasteiger charge is -2.39. The van der Waals surface area contributed by atoms with E-state index in [1.807, 2.05) is 6.07 Å².